The molecule has 4 nitrogen and oxygen atoms in total. The normalized spacial score (nSPS) is 15.5. The zero-order chi connectivity index (χ0) is 7.84. The van der Waals surface area contributed by atoms with Crippen molar-refractivity contribution in [2.45, 2.75) is 19.6 Å². The van der Waals surface area contributed by atoms with Gasteiger partial charge in [0.15, 0.2) is 0 Å². The molecule has 0 unspecified atom stereocenters. The molecule has 1 aromatic heterocycles. The predicted molar refractivity (Wildman–Crippen MR) is 41.6 cm³/mol. The SMILES string of the molecule is Cn1nc2c(c1CN)CNC2. The van der Waals surface area contributed by atoms with E-state index in [1.165, 1.54) is 5.56 Å². The van der Waals surface area contributed by atoms with Crippen LogP contribution in [0.2, 0.25) is 0 Å². The molecule has 0 aromatic carbocycles. The van der Waals surface area contributed by atoms with Crippen LogP contribution in [0.15, 0.2) is 0 Å². The highest BCUT2D eigenvalue weighted by Gasteiger charge is 2.18. The smallest absolute Gasteiger partial charge is 0.0810 e. The van der Waals surface area contributed by atoms with E-state index in [0.717, 1.165) is 24.5 Å². The maximum atomic E-state index is 5.58. The van der Waals surface area contributed by atoms with Crippen LogP contribution in [-0.2, 0) is 26.7 Å². The second-order valence-corrected chi connectivity index (χ2v) is 2.80. The molecular weight excluding hydrogens is 140 g/mol. The fraction of sp³-hybridized carbons (Fsp3) is 0.571. The van der Waals surface area contributed by atoms with E-state index in [4.69, 9.17) is 5.73 Å². The van der Waals surface area contributed by atoms with Gasteiger partial charge in [0, 0.05) is 32.2 Å². The lowest BCUT2D eigenvalue weighted by Crippen LogP contribution is -2.10. The fourth-order valence-electron chi connectivity index (χ4n) is 1.57. The molecule has 1 aliphatic rings. The van der Waals surface area contributed by atoms with E-state index in [-0.39, 0.29) is 0 Å². The zero-order valence-electron chi connectivity index (χ0n) is 6.59. The Morgan fingerprint density at radius 1 is 1.64 bits per heavy atom. The van der Waals surface area contributed by atoms with Crippen LogP contribution in [0.4, 0.5) is 0 Å². The summed E-state index contributed by atoms with van der Waals surface area (Å²) in [6, 6.07) is 0. The number of nitrogens with two attached hydrogens (primary N) is 1. The highest BCUT2D eigenvalue weighted by atomic mass is 15.3. The first-order valence-corrected chi connectivity index (χ1v) is 3.77. The molecule has 0 spiro atoms. The van der Waals surface area contributed by atoms with Crippen molar-refractivity contribution in [1.29, 1.82) is 0 Å². The van der Waals surface area contributed by atoms with Crippen LogP contribution in [0.1, 0.15) is 17.0 Å². The average Bonchev–Trinajstić information content (AvgIpc) is 2.46. The topological polar surface area (TPSA) is 55.9 Å². The molecule has 0 saturated carbocycles. The summed E-state index contributed by atoms with van der Waals surface area (Å²) in [5.74, 6) is 0. The molecule has 0 saturated heterocycles. The average molecular weight is 152 g/mol. The van der Waals surface area contributed by atoms with Crippen molar-refractivity contribution in [3.05, 3.63) is 17.0 Å². The summed E-state index contributed by atoms with van der Waals surface area (Å²) in [6.45, 7) is 2.40. The summed E-state index contributed by atoms with van der Waals surface area (Å²) in [5, 5.41) is 7.57. The maximum absolute atomic E-state index is 5.58. The maximum Gasteiger partial charge on any atom is 0.0810 e. The van der Waals surface area contributed by atoms with Gasteiger partial charge in [0.05, 0.1) is 11.4 Å². The Morgan fingerprint density at radius 2 is 2.45 bits per heavy atom. The molecular formula is C7H12N4. The molecule has 1 aliphatic heterocycles. The number of aromatic nitrogens is 2. The van der Waals surface area contributed by atoms with Gasteiger partial charge in [0.1, 0.15) is 0 Å². The molecule has 1 aromatic rings. The number of nitrogens with one attached hydrogen (secondary N) is 1. The molecule has 3 N–H and O–H groups in total. The van der Waals surface area contributed by atoms with Crippen LogP contribution in [0.5, 0.6) is 0 Å². The van der Waals surface area contributed by atoms with Crippen LogP contribution in [0.3, 0.4) is 0 Å². The van der Waals surface area contributed by atoms with Crippen LogP contribution >= 0.6 is 0 Å². The van der Waals surface area contributed by atoms with Gasteiger partial charge in [-0.15, -0.1) is 0 Å². The lowest BCUT2D eigenvalue weighted by atomic mass is 10.2. The van der Waals surface area contributed by atoms with Crippen molar-refractivity contribution in [3.8, 4) is 0 Å². The lowest BCUT2D eigenvalue weighted by molar-refractivity contribution is 0.655. The van der Waals surface area contributed by atoms with Crippen molar-refractivity contribution < 1.29 is 0 Å². The predicted octanol–water partition coefficient (Wildman–Crippen LogP) is -0.518. The Hall–Kier alpha value is -0.870. The van der Waals surface area contributed by atoms with Crippen LogP contribution < -0.4 is 11.1 Å². The minimum atomic E-state index is 0.584. The van der Waals surface area contributed by atoms with Crippen LogP contribution in [0, 0.1) is 0 Å². The molecule has 0 fully saturated rings. The standard InChI is InChI=1S/C7H12N4/c1-11-7(2-8)5-3-9-4-6(5)10-11/h9H,2-4,8H2,1H3. The number of nitrogens with zero attached hydrogens (tertiary/aromatic N) is 2. The number of hydrogen-bond donors (Lipinski definition) is 2. The van der Waals surface area contributed by atoms with E-state index < -0.39 is 0 Å². The van der Waals surface area contributed by atoms with Crippen LogP contribution in [-0.4, -0.2) is 9.78 Å². The third-order valence-electron chi connectivity index (χ3n) is 2.15. The summed E-state index contributed by atoms with van der Waals surface area (Å²) in [7, 11) is 1.94. The summed E-state index contributed by atoms with van der Waals surface area (Å²) < 4.78 is 1.88. The number of hydrogen-bond acceptors (Lipinski definition) is 3. The van der Waals surface area contributed by atoms with Gasteiger partial charge in [-0.1, -0.05) is 0 Å². The molecule has 11 heavy (non-hydrogen) atoms. The van der Waals surface area contributed by atoms with Gasteiger partial charge >= 0.3 is 0 Å². The van der Waals surface area contributed by atoms with E-state index in [2.05, 4.69) is 10.4 Å². The molecule has 60 valence electrons. The third-order valence-corrected chi connectivity index (χ3v) is 2.15. The van der Waals surface area contributed by atoms with E-state index >= 15 is 0 Å². The molecule has 2 heterocycles. The highest BCUT2D eigenvalue weighted by Crippen LogP contribution is 2.17. The zero-order valence-corrected chi connectivity index (χ0v) is 6.59. The largest absolute Gasteiger partial charge is 0.325 e. The molecule has 0 aliphatic carbocycles. The summed E-state index contributed by atoms with van der Waals surface area (Å²) in [6.07, 6.45) is 0. The second-order valence-electron chi connectivity index (χ2n) is 2.80. The first-order chi connectivity index (χ1) is 5.33. The summed E-state index contributed by atoms with van der Waals surface area (Å²) in [5.41, 5.74) is 9.20. The highest BCUT2D eigenvalue weighted by molar-refractivity contribution is 5.29. The van der Waals surface area contributed by atoms with Crippen molar-refractivity contribution in [1.82, 2.24) is 15.1 Å². The minimum Gasteiger partial charge on any atom is -0.325 e. The van der Waals surface area contributed by atoms with Crippen LogP contribution in [0.25, 0.3) is 0 Å². The van der Waals surface area contributed by atoms with Gasteiger partial charge in [-0.2, -0.15) is 5.10 Å². The van der Waals surface area contributed by atoms with E-state index in [9.17, 15) is 0 Å². The molecule has 0 radical (unpaired) electrons. The van der Waals surface area contributed by atoms with Gasteiger partial charge in [0.25, 0.3) is 0 Å². The van der Waals surface area contributed by atoms with Crippen molar-refractivity contribution in [2.75, 3.05) is 0 Å². The summed E-state index contributed by atoms with van der Waals surface area (Å²) >= 11 is 0. The molecule has 4 heteroatoms. The second kappa shape index (κ2) is 2.32. The number of aryl methyl sites for hydroxylation is 1. The Labute approximate surface area is 65.4 Å². The lowest BCUT2D eigenvalue weighted by Gasteiger charge is -1.99. The van der Waals surface area contributed by atoms with Gasteiger partial charge in [-0.05, 0) is 0 Å². The van der Waals surface area contributed by atoms with Gasteiger partial charge in [-0.3, -0.25) is 4.68 Å². The van der Waals surface area contributed by atoms with E-state index in [0.29, 0.717) is 6.54 Å². The third kappa shape index (κ3) is 0.868. The summed E-state index contributed by atoms with van der Waals surface area (Å²) in [4.78, 5) is 0. The number of rotatable bonds is 1. The Kier molecular flexibility index (Phi) is 1.44. The fourth-order valence-corrected chi connectivity index (χ4v) is 1.57. The number of fused-ring (bicyclic) bond motifs is 1. The van der Waals surface area contributed by atoms with E-state index in [1.54, 1.807) is 0 Å². The Bertz CT molecular complexity index is 276. The molecule has 0 atom stereocenters. The molecule has 0 amide bonds. The van der Waals surface area contributed by atoms with Crippen molar-refractivity contribution in [3.63, 3.8) is 0 Å². The van der Waals surface area contributed by atoms with Gasteiger partial charge < -0.3 is 11.1 Å². The van der Waals surface area contributed by atoms with Gasteiger partial charge in [-0.25, -0.2) is 0 Å². The first kappa shape index (κ1) is 6.82. The van der Waals surface area contributed by atoms with E-state index in [1.807, 2.05) is 11.7 Å². The van der Waals surface area contributed by atoms with Gasteiger partial charge in [0.2, 0.25) is 0 Å². The molecule has 0 bridgehead atoms. The quantitative estimate of drug-likeness (QED) is 0.569. The minimum absolute atomic E-state index is 0.584. The Balaban J connectivity index is 2.52. The molecule has 2 rings (SSSR count). The first-order valence-electron chi connectivity index (χ1n) is 3.77. The van der Waals surface area contributed by atoms with Crippen molar-refractivity contribution in [2.24, 2.45) is 12.8 Å². The van der Waals surface area contributed by atoms with Crippen molar-refractivity contribution >= 4 is 0 Å². The Morgan fingerprint density at radius 3 is 3.18 bits per heavy atom. The monoisotopic (exact) mass is 152 g/mol.